The predicted octanol–water partition coefficient (Wildman–Crippen LogP) is 2.37. The molecule has 1 aromatic rings. The fourth-order valence-electron chi connectivity index (χ4n) is 2.13. The second kappa shape index (κ2) is 6.49. The van der Waals surface area contributed by atoms with Gasteiger partial charge in [-0.2, -0.15) is 0 Å². The van der Waals surface area contributed by atoms with E-state index in [1.54, 1.807) is 0 Å². The summed E-state index contributed by atoms with van der Waals surface area (Å²) in [7, 11) is 0. The average molecular weight is 346 g/mol. The Morgan fingerprint density at radius 2 is 1.94 bits per heavy atom. The smallest absolute Gasteiger partial charge is 0.222 e. The SMILES string of the molecule is CC(CNc1ncc(I)cn1)N1CCCCC1. The zero-order valence-corrected chi connectivity index (χ0v) is 12.4. The molecule has 0 aliphatic carbocycles. The summed E-state index contributed by atoms with van der Waals surface area (Å²) < 4.78 is 1.07. The molecule has 1 unspecified atom stereocenters. The highest BCUT2D eigenvalue weighted by Crippen LogP contribution is 2.12. The minimum atomic E-state index is 0.554. The molecule has 4 nitrogen and oxygen atoms in total. The number of aromatic nitrogens is 2. The number of likely N-dealkylation sites (tertiary alicyclic amines) is 1. The molecule has 17 heavy (non-hydrogen) atoms. The van der Waals surface area contributed by atoms with Crippen LogP contribution < -0.4 is 5.32 Å². The quantitative estimate of drug-likeness (QED) is 0.850. The number of rotatable bonds is 4. The third-order valence-corrected chi connectivity index (χ3v) is 3.75. The van der Waals surface area contributed by atoms with E-state index >= 15 is 0 Å². The van der Waals surface area contributed by atoms with Gasteiger partial charge >= 0.3 is 0 Å². The second-order valence-electron chi connectivity index (χ2n) is 4.55. The molecule has 2 rings (SSSR count). The monoisotopic (exact) mass is 346 g/mol. The summed E-state index contributed by atoms with van der Waals surface area (Å²) >= 11 is 2.21. The van der Waals surface area contributed by atoms with Crippen molar-refractivity contribution in [1.82, 2.24) is 14.9 Å². The van der Waals surface area contributed by atoms with E-state index in [1.165, 1.54) is 32.4 Å². The maximum absolute atomic E-state index is 4.25. The average Bonchev–Trinajstić information content (AvgIpc) is 2.39. The molecule has 1 aromatic heterocycles. The van der Waals surface area contributed by atoms with Crippen LogP contribution in [0.25, 0.3) is 0 Å². The summed E-state index contributed by atoms with van der Waals surface area (Å²) in [6.07, 6.45) is 7.73. The Morgan fingerprint density at radius 1 is 1.29 bits per heavy atom. The van der Waals surface area contributed by atoms with Crippen molar-refractivity contribution < 1.29 is 0 Å². The first-order valence-corrected chi connectivity index (χ1v) is 7.29. The minimum Gasteiger partial charge on any atom is -0.353 e. The van der Waals surface area contributed by atoms with Crippen molar-refractivity contribution in [3.63, 3.8) is 0 Å². The molecular weight excluding hydrogens is 327 g/mol. The first-order valence-electron chi connectivity index (χ1n) is 6.21. The van der Waals surface area contributed by atoms with Crippen molar-refractivity contribution in [3.05, 3.63) is 16.0 Å². The number of hydrogen-bond acceptors (Lipinski definition) is 4. The van der Waals surface area contributed by atoms with Crippen LogP contribution in [0.2, 0.25) is 0 Å². The molecule has 1 aliphatic heterocycles. The lowest BCUT2D eigenvalue weighted by atomic mass is 10.1. The molecule has 0 amide bonds. The molecular formula is C12H19IN4. The third kappa shape index (κ3) is 4.06. The Balaban J connectivity index is 1.78. The maximum Gasteiger partial charge on any atom is 0.222 e. The summed E-state index contributed by atoms with van der Waals surface area (Å²) in [5, 5.41) is 3.30. The van der Waals surface area contributed by atoms with Gasteiger partial charge in [0.25, 0.3) is 0 Å². The fraction of sp³-hybridized carbons (Fsp3) is 0.667. The van der Waals surface area contributed by atoms with Crippen molar-refractivity contribution in [2.24, 2.45) is 0 Å². The van der Waals surface area contributed by atoms with Gasteiger partial charge in [0.15, 0.2) is 0 Å². The van der Waals surface area contributed by atoms with Crippen LogP contribution in [0.3, 0.4) is 0 Å². The van der Waals surface area contributed by atoms with Crippen LogP contribution in [-0.4, -0.2) is 40.5 Å². The van der Waals surface area contributed by atoms with Crippen LogP contribution in [0.15, 0.2) is 12.4 Å². The Labute approximate surface area is 116 Å². The van der Waals surface area contributed by atoms with E-state index in [-0.39, 0.29) is 0 Å². The molecule has 1 aliphatic rings. The number of halogens is 1. The van der Waals surface area contributed by atoms with Crippen molar-refractivity contribution in [2.45, 2.75) is 32.2 Å². The molecule has 1 fully saturated rings. The number of piperidine rings is 1. The van der Waals surface area contributed by atoms with E-state index in [2.05, 4.69) is 49.7 Å². The molecule has 0 aromatic carbocycles. The topological polar surface area (TPSA) is 41.1 Å². The predicted molar refractivity (Wildman–Crippen MR) is 78.1 cm³/mol. The molecule has 1 N–H and O–H groups in total. The Morgan fingerprint density at radius 3 is 2.59 bits per heavy atom. The molecule has 1 atom stereocenters. The van der Waals surface area contributed by atoms with E-state index in [4.69, 9.17) is 0 Å². The summed E-state index contributed by atoms with van der Waals surface area (Å²) in [6.45, 7) is 5.65. The van der Waals surface area contributed by atoms with Gasteiger partial charge in [0.2, 0.25) is 5.95 Å². The van der Waals surface area contributed by atoms with Crippen molar-refractivity contribution in [1.29, 1.82) is 0 Å². The van der Waals surface area contributed by atoms with Gasteiger partial charge in [-0.25, -0.2) is 9.97 Å². The van der Waals surface area contributed by atoms with Crippen LogP contribution >= 0.6 is 22.6 Å². The molecule has 0 bridgehead atoms. The highest BCUT2D eigenvalue weighted by Gasteiger charge is 2.16. The van der Waals surface area contributed by atoms with E-state index in [0.717, 1.165) is 16.1 Å². The lowest BCUT2D eigenvalue weighted by Gasteiger charge is -2.32. The summed E-state index contributed by atoms with van der Waals surface area (Å²) in [5.74, 6) is 0.731. The third-order valence-electron chi connectivity index (χ3n) is 3.19. The normalized spacial score (nSPS) is 18.9. The molecule has 2 heterocycles. The van der Waals surface area contributed by atoms with Crippen molar-refractivity contribution >= 4 is 28.5 Å². The number of nitrogens with zero attached hydrogens (tertiary/aromatic N) is 3. The lowest BCUT2D eigenvalue weighted by Crippen LogP contribution is -2.41. The van der Waals surface area contributed by atoms with Crippen LogP contribution in [0, 0.1) is 3.57 Å². The van der Waals surface area contributed by atoms with E-state index in [0.29, 0.717) is 6.04 Å². The van der Waals surface area contributed by atoms with Gasteiger partial charge in [0.05, 0.1) is 0 Å². The van der Waals surface area contributed by atoms with Crippen molar-refractivity contribution in [3.8, 4) is 0 Å². The maximum atomic E-state index is 4.25. The standard InChI is InChI=1S/C12H19IN4/c1-10(17-5-3-2-4-6-17)7-14-12-15-8-11(13)9-16-12/h8-10H,2-7H2,1H3,(H,14,15,16). The van der Waals surface area contributed by atoms with E-state index < -0.39 is 0 Å². The Bertz CT molecular complexity index is 335. The second-order valence-corrected chi connectivity index (χ2v) is 5.80. The minimum absolute atomic E-state index is 0.554. The van der Waals surface area contributed by atoms with Gasteiger partial charge in [-0.1, -0.05) is 6.42 Å². The van der Waals surface area contributed by atoms with Crippen molar-refractivity contribution in [2.75, 3.05) is 25.0 Å². The highest BCUT2D eigenvalue weighted by molar-refractivity contribution is 14.1. The molecule has 1 saturated heterocycles. The van der Waals surface area contributed by atoms with Gasteiger partial charge < -0.3 is 5.32 Å². The summed E-state index contributed by atoms with van der Waals surface area (Å²) in [5.41, 5.74) is 0. The molecule has 0 radical (unpaired) electrons. The first-order chi connectivity index (χ1) is 8.25. The summed E-state index contributed by atoms with van der Waals surface area (Å²) in [6, 6.07) is 0.554. The van der Waals surface area contributed by atoms with Crippen LogP contribution in [0.1, 0.15) is 26.2 Å². The van der Waals surface area contributed by atoms with Crippen LogP contribution in [0.4, 0.5) is 5.95 Å². The lowest BCUT2D eigenvalue weighted by molar-refractivity contribution is 0.180. The van der Waals surface area contributed by atoms with Gasteiger partial charge in [-0.15, -0.1) is 0 Å². The largest absolute Gasteiger partial charge is 0.353 e. The fourth-order valence-corrected chi connectivity index (χ4v) is 2.41. The van der Waals surface area contributed by atoms with E-state index in [9.17, 15) is 0 Å². The summed E-state index contributed by atoms with van der Waals surface area (Å²) in [4.78, 5) is 11.0. The zero-order valence-electron chi connectivity index (χ0n) is 10.2. The zero-order chi connectivity index (χ0) is 12.1. The van der Waals surface area contributed by atoms with Crippen LogP contribution in [-0.2, 0) is 0 Å². The van der Waals surface area contributed by atoms with E-state index in [1.807, 2.05) is 12.4 Å². The van der Waals surface area contributed by atoms with Gasteiger partial charge in [0, 0.05) is 28.6 Å². The molecule has 0 saturated carbocycles. The van der Waals surface area contributed by atoms with Gasteiger partial charge in [-0.05, 0) is 55.4 Å². The van der Waals surface area contributed by atoms with Gasteiger partial charge in [0.1, 0.15) is 0 Å². The number of nitrogens with one attached hydrogen (secondary N) is 1. The molecule has 5 heteroatoms. The number of hydrogen-bond donors (Lipinski definition) is 1. The Hall–Kier alpha value is -0.430. The molecule has 94 valence electrons. The first kappa shape index (κ1) is 13.0. The van der Waals surface area contributed by atoms with Gasteiger partial charge in [-0.3, -0.25) is 4.90 Å². The molecule has 0 spiro atoms. The number of anilines is 1. The van der Waals surface area contributed by atoms with Crippen LogP contribution in [0.5, 0.6) is 0 Å². The Kier molecular flexibility index (Phi) is 4.97. The highest BCUT2D eigenvalue weighted by atomic mass is 127.